The Bertz CT molecular complexity index is 599. The van der Waals surface area contributed by atoms with Crippen LogP contribution in [0.25, 0.3) is 0 Å². The molecule has 0 aliphatic heterocycles. The highest BCUT2D eigenvalue weighted by Crippen LogP contribution is 2.39. The predicted octanol–water partition coefficient (Wildman–Crippen LogP) is 2.09. The van der Waals surface area contributed by atoms with E-state index in [1.54, 1.807) is 15.8 Å². The van der Waals surface area contributed by atoms with Crippen molar-refractivity contribution in [3.63, 3.8) is 0 Å². The zero-order valence-electron chi connectivity index (χ0n) is 12.5. The van der Waals surface area contributed by atoms with Crippen molar-refractivity contribution in [2.75, 3.05) is 7.05 Å². The molecule has 0 saturated heterocycles. The summed E-state index contributed by atoms with van der Waals surface area (Å²) in [6.07, 6.45) is 6.72. The summed E-state index contributed by atoms with van der Waals surface area (Å²) < 4.78 is 1.72. The maximum Gasteiger partial charge on any atom is 0.247 e. The molecule has 2 heterocycles. The molecule has 112 valence electrons. The zero-order valence-corrected chi connectivity index (χ0v) is 12.5. The van der Waals surface area contributed by atoms with Crippen molar-refractivity contribution in [2.45, 2.75) is 44.7 Å². The minimum Gasteiger partial charge on any atom is -0.338 e. The van der Waals surface area contributed by atoms with Crippen LogP contribution in [-0.4, -0.2) is 37.8 Å². The highest BCUT2D eigenvalue weighted by atomic mass is 16.2. The van der Waals surface area contributed by atoms with E-state index in [9.17, 15) is 4.79 Å². The summed E-state index contributed by atoms with van der Waals surface area (Å²) in [5, 5.41) is 11.5. The van der Waals surface area contributed by atoms with E-state index in [1.165, 1.54) is 12.8 Å². The lowest BCUT2D eigenvalue weighted by Gasteiger charge is -2.22. The maximum atomic E-state index is 12.6. The van der Waals surface area contributed by atoms with Crippen molar-refractivity contribution in [1.82, 2.24) is 24.9 Å². The maximum absolute atomic E-state index is 12.6. The fraction of sp³-hybridized carbons (Fsp3) is 0.533. The molecule has 0 radical (unpaired) electrons. The van der Waals surface area contributed by atoms with Gasteiger partial charge in [-0.15, -0.1) is 0 Å². The normalized spacial score (nSPS) is 15.9. The van der Waals surface area contributed by atoms with Crippen molar-refractivity contribution in [3.05, 3.63) is 35.9 Å². The number of nitrogens with one attached hydrogen (secondary N) is 1. The van der Waals surface area contributed by atoms with Gasteiger partial charge in [-0.25, -0.2) is 0 Å². The smallest absolute Gasteiger partial charge is 0.247 e. The van der Waals surface area contributed by atoms with E-state index in [1.807, 2.05) is 26.2 Å². The number of hydrogen-bond acceptors (Lipinski definition) is 3. The molecule has 0 spiro atoms. The molecule has 6 nitrogen and oxygen atoms in total. The quantitative estimate of drug-likeness (QED) is 0.884. The van der Waals surface area contributed by atoms with Gasteiger partial charge in [-0.3, -0.25) is 14.6 Å². The number of nitrogens with zero attached hydrogens (tertiary/aromatic N) is 4. The number of H-pyrrole nitrogens is 1. The average Bonchev–Trinajstić information content (AvgIpc) is 3.00. The molecule has 1 amide bonds. The lowest BCUT2D eigenvalue weighted by atomic mass is 10.2. The van der Waals surface area contributed by atoms with Gasteiger partial charge in [0.15, 0.2) is 0 Å². The van der Waals surface area contributed by atoms with Crippen LogP contribution in [0.3, 0.4) is 0 Å². The van der Waals surface area contributed by atoms with E-state index >= 15 is 0 Å². The van der Waals surface area contributed by atoms with Crippen LogP contribution < -0.4 is 0 Å². The van der Waals surface area contributed by atoms with Crippen molar-refractivity contribution < 1.29 is 4.79 Å². The fourth-order valence-corrected chi connectivity index (χ4v) is 2.58. The second-order valence-electron chi connectivity index (χ2n) is 5.70. The minimum absolute atomic E-state index is 0.0729. The summed E-state index contributed by atoms with van der Waals surface area (Å²) in [4.78, 5) is 14.3. The van der Waals surface area contributed by atoms with Gasteiger partial charge in [0.2, 0.25) is 5.91 Å². The molecular formula is C15H21N5O. The van der Waals surface area contributed by atoms with Crippen LogP contribution in [0.4, 0.5) is 0 Å². The molecule has 1 atom stereocenters. The summed E-state index contributed by atoms with van der Waals surface area (Å²) in [5.74, 6) is 0.701. The molecule has 6 heteroatoms. The number of aromatic nitrogens is 4. The molecule has 1 aliphatic rings. The largest absolute Gasteiger partial charge is 0.338 e. The van der Waals surface area contributed by atoms with Crippen LogP contribution in [0.15, 0.2) is 24.5 Å². The molecule has 21 heavy (non-hydrogen) atoms. The minimum atomic E-state index is -0.240. The first kappa shape index (κ1) is 13.9. The standard InChI is InChI=1S/C15H21N5O/c1-3-14(20-8-4-7-16-20)15(21)19(2)10-12-9-13(18-17-12)11-5-6-11/h4,7-9,11,14H,3,5-6,10H2,1-2H3,(H,17,18)/t14-/m1/s1. The summed E-state index contributed by atoms with van der Waals surface area (Å²) in [6, 6.07) is 3.68. The van der Waals surface area contributed by atoms with E-state index in [0.29, 0.717) is 12.5 Å². The Morgan fingerprint density at radius 2 is 2.38 bits per heavy atom. The Hall–Kier alpha value is -2.11. The topological polar surface area (TPSA) is 66.8 Å². The lowest BCUT2D eigenvalue weighted by molar-refractivity contribution is -0.134. The molecular weight excluding hydrogens is 266 g/mol. The average molecular weight is 287 g/mol. The van der Waals surface area contributed by atoms with E-state index in [-0.39, 0.29) is 11.9 Å². The Morgan fingerprint density at radius 3 is 3.00 bits per heavy atom. The van der Waals surface area contributed by atoms with Crippen molar-refractivity contribution >= 4 is 5.91 Å². The first-order chi connectivity index (χ1) is 10.2. The summed E-state index contributed by atoms with van der Waals surface area (Å²) >= 11 is 0. The number of carbonyl (C=O) groups excluding carboxylic acids is 1. The summed E-state index contributed by atoms with van der Waals surface area (Å²) in [6.45, 7) is 2.55. The first-order valence-electron chi connectivity index (χ1n) is 7.47. The second kappa shape index (κ2) is 5.71. The third kappa shape index (κ3) is 2.99. The van der Waals surface area contributed by atoms with Gasteiger partial charge < -0.3 is 4.90 Å². The molecule has 1 saturated carbocycles. The third-order valence-electron chi connectivity index (χ3n) is 3.95. The number of carbonyl (C=O) groups is 1. The van der Waals surface area contributed by atoms with Crippen molar-refractivity contribution in [1.29, 1.82) is 0 Å². The fourth-order valence-electron chi connectivity index (χ4n) is 2.58. The van der Waals surface area contributed by atoms with E-state index < -0.39 is 0 Å². The number of rotatable bonds is 6. The van der Waals surface area contributed by atoms with Gasteiger partial charge >= 0.3 is 0 Å². The summed E-state index contributed by atoms with van der Waals surface area (Å²) in [5.41, 5.74) is 2.12. The SMILES string of the molecule is CC[C@H](C(=O)N(C)Cc1cc(C2CC2)n[nH]1)n1cccn1. The van der Waals surface area contributed by atoms with Crippen molar-refractivity contribution in [2.24, 2.45) is 0 Å². The van der Waals surface area contributed by atoms with Crippen LogP contribution in [0, 0.1) is 0 Å². The van der Waals surface area contributed by atoms with Gasteiger partial charge in [0.05, 0.1) is 17.9 Å². The lowest BCUT2D eigenvalue weighted by Crippen LogP contribution is -2.34. The van der Waals surface area contributed by atoms with E-state index in [2.05, 4.69) is 21.4 Å². The van der Waals surface area contributed by atoms with Crippen LogP contribution in [0.5, 0.6) is 0 Å². The Balaban J connectivity index is 1.65. The van der Waals surface area contributed by atoms with E-state index in [4.69, 9.17) is 0 Å². The molecule has 1 N–H and O–H groups in total. The predicted molar refractivity (Wildman–Crippen MR) is 78.6 cm³/mol. The second-order valence-corrected chi connectivity index (χ2v) is 5.70. The first-order valence-corrected chi connectivity index (χ1v) is 7.47. The van der Waals surface area contributed by atoms with Crippen LogP contribution in [-0.2, 0) is 11.3 Å². The molecule has 2 aromatic rings. The molecule has 0 aromatic carbocycles. The van der Waals surface area contributed by atoms with Crippen LogP contribution in [0.2, 0.25) is 0 Å². The molecule has 1 aliphatic carbocycles. The Kier molecular flexibility index (Phi) is 3.77. The number of amides is 1. The number of likely N-dealkylation sites (N-methyl/N-ethyl adjacent to an activating group) is 1. The van der Waals surface area contributed by atoms with Gasteiger partial charge in [-0.05, 0) is 31.4 Å². The van der Waals surface area contributed by atoms with Crippen LogP contribution in [0.1, 0.15) is 49.5 Å². The molecule has 2 aromatic heterocycles. The Labute approximate surface area is 124 Å². The molecule has 1 fully saturated rings. The Morgan fingerprint density at radius 1 is 1.57 bits per heavy atom. The van der Waals surface area contributed by atoms with Crippen molar-refractivity contribution in [3.8, 4) is 0 Å². The van der Waals surface area contributed by atoms with Gasteiger partial charge in [-0.1, -0.05) is 6.92 Å². The third-order valence-corrected chi connectivity index (χ3v) is 3.95. The van der Waals surface area contributed by atoms with E-state index in [0.717, 1.165) is 17.8 Å². The van der Waals surface area contributed by atoms with Gasteiger partial charge in [-0.2, -0.15) is 10.2 Å². The van der Waals surface area contributed by atoms with Gasteiger partial charge in [0.1, 0.15) is 6.04 Å². The molecule has 0 unspecified atom stereocenters. The number of hydrogen-bond donors (Lipinski definition) is 1. The molecule has 0 bridgehead atoms. The summed E-state index contributed by atoms with van der Waals surface area (Å²) in [7, 11) is 1.83. The highest BCUT2D eigenvalue weighted by Gasteiger charge is 2.27. The van der Waals surface area contributed by atoms with Gasteiger partial charge in [0, 0.05) is 25.4 Å². The highest BCUT2D eigenvalue weighted by molar-refractivity contribution is 5.80. The number of aromatic amines is 1. The van der Waals surface area contributed by atoms with Crippen LogP contribution >= 0.6 is 0 Å². The molecule has 3 rings (SSSR count). The van der Waals surface area contributed by atoms with Gasteiger partial charge in [0.25, 0.3) is 0 Å². The zero-order chi connectivity index (χ0) is 14.8. The monoisotopic (exact) mass is 287 g/mol.